The maximum absolute atomic E-state index is 11.7. The molecular formula is C14H19NO2. The minimum Gasteiger partial charge on any atom is -0.465 e. The summed E-state index contributed by atoms with van der Waals surface area (Å²) in [5.41, 5.74) is 1.87. The molecule has 0 radical (unpaired) electrons. The zero-order valence-electron chi connectivity index (χ0n) is 10.5. The van der Waals surface area contributed by atoms with Crippen LogP contribution in [0.15, 0.2) is 24.3 Å². The molecule has 1 saturated heterocycles. The summed E-state index contributed by atoms with van der Waals surface area (Å²) in [6.07, 6.45) is 2.23. The second kappa shape index (κ2) is 5.32. The molecule has 0 aromatic heterocycles. The Hall–Kier alpha value is -1.35. The first-order valence-corrected chi connectivity index (χ1v) is 6.08. The van der Waals surface area contributed by atoms with E-state index in [0.29, 0.717) is 5.92 Å². The quantitative estimate of drug-likeness (QED) is 0.734. The average Bonchev–Trinajstić information content (AvgIpc) is 2.39. The molecule has 0 atom stereocenters. The first-order valence-electron chi connectivity index (χ1n) is 6.08. The second-order valence-corrected chi connectivity index (χ2v) is 4.66. The van der Waals surface area contributed by atoms with Crippen molar-refractivity contribution < 1.29 is 9.53 Å². The van der Waals surface area contributed by atoms with Gasteiger partial charge in [0.05, 0.1) is 12.7 Å². The summed E-state index contributed by atoms with van der Waals surface area (Å²) in [5, 5.41) is 0. The van der Waals surface area contributed by atoms with Crippen LogP contribution in [0.2, 0.25) is 0 Å². The Labute approximate surface area is 102 Å². The number of piperidine rings is 1. The number of nitrogens with zero attached hydrogens (tertiary/aromatic N) is 1. The summed E-state index contributed by atoms with van der Waals surface area (Å²) in [6, 6.07) is 7.81. The van der Waals surface area contributed by atoms with Crippen molar-refractivity contribution in [2.45, 2.75) is 18.8 Å². The number of likely N-dealkylation sites (tertiary alicyclic amines) is 1. The van der Waals surface area contributed by atoms with E-state index >= 15 is 0 Å². The highest BCUT2D eigenvalue weighted by atomic mass is 16.5. The third-order valence-electron chi connectivity index (χ3n) is 3.52. The van der Waals surface area contributed by atoms with Gasteiger partial charge in [-0.3, -0.25) is 0 Å². The summed E-state index contributed by atoms with van der Waals surface area (Å²) in [6.45, 7) is 2.19. The van der Waals surface area contributed by atoms with Crippen LogP contribution in [0.5, 0.6) is 0 Å². The van der Waals surface area contributed by atoms with Gasteiger partial charge in [-0.05, 0) is 50.5 Å². The third-order valence-corrected chi connectivity index (χ3v) is 3.52. The van der Waals surface area contributed by atoms with Gasteiger partial charge >= 0.3 is 5.97 Å². The van der Waals surface area contributed by atoms with Crippen molar-refractivity contribution in [1.82, 2.24) is 4.90 Å². The molecule has 17 heavy (non-hydrogen) atoms. The van der Waals surface area contributed by atoms with Gasteiger partial charge in [-0.2, -0.15) is 0 Å². The fourth-order valence-electron chi connectivity index (χ4n) is 2.47. The number of hydrogen-bond donors (Lipinski definition) is 0. The van der Waals surface area contributed by atoms with Crippen LogP contribution in [0.1, 0.15) is 34.7 Å². The van der Waals surface area contributed by atoms with Gasteiger partial charge in [0.1, 0.15) is 0 Å². The van der Waals surface area contributed by atoms with Crippen LogP contribution in [0, 0.1) is 0 Å². The number of hydrogen-bond acceptors (Lipinski definition) is 3. The number of ether oxygens (including phenoxy) is 1. The van der Waals surface area contributed by atoms with E-state index in [1.807, 2.05) is 18.2 Å². The standard InChI is InChI=1S/C14H19NO2/c1-15-9-7-11(8-10-15)12-5-3-4-6-13(12)14(16)17-2/h3-6,11H,7-10H2,1-2H3. The molecule has 92 valence electrons. The molecular weight excluding hydrogens is 214 g/mol. The Bertz CT molecular complexity index is 395. The van der Waals surface area contributed by atoms with Crippen LogP contribution in [0.3, 0.4) is 0 Å². The van der Waals surface area contributed by atoms with E-state index in [1.165, 1.54) is 7.11 Å². The lowest BCUT2D eigenvalue weighted by Crippen LogP contribution is -2.29. The Balaban J connectivity index is 2.23. The molecule has 1 aliphatic rings. The molecule has 1 fully saturated rings. The summed E-state index contributed by atoms with van der Waals surface area (Å²) >= 11 is 0. The predicted octanol–water partition coefficient (Wildman–Crippen LogP) is 2.28. The smallest absolute Gasteiger partial charge is 0.338 e. The van der Waals surface area contributed by atoms with Crippen LogP contribution in [0.25, 0.3) is 0 Å². The Morgan fingerprint density at radius 2 is 1.94 bits per heavy atom. The van der Waals surface area contributed by atoms with Crippen LogP contribution >= 0.6 is 0 Å². The molecule has 0 aliphatic carbocycles. The average molecular weight is 233 g/mol. The predicted molar refractivity (Wildman–Crippen MR) is 67.3 cm³/mol. The fraction of sp³-hybridized carbons (Fsp3) is 0.500. The molecule has 1 aromatic rings. The van der Waals surface area contributed by atoms with Crippen LogP contribution in [0.4, 0.5) is 0 Å². The zero-order valence-corrected chi connectivity index (χ0v) is 10.5. The van der Waals surface area contributed by atoms with Gasteiger partial charge in [-0.25, -0.2) is 4.79 Å². The Morgan fingerprint density at radius 1 is 1.29 bits per heavy atom. The van der Waals surface area contributed by atoms with Gasteiger partial charge in [-0.1, -0.05) is 18.2 Å². The highest BCUT2D eigenvalue weighted by molar-refractivity contribution is 5.91. The number of carbonyl (C=O) groups is 1. The van der Waals surface area contributed by atoms with Gasteiger partial charge in [0.25, 0.3) is 0 Å². The summed E-state index contributed by atoms with van der Waals surface area (Å²) < 4.78 is 4.84. The van der Waals surface area contributed by atoms with Crippen molar-refractivity contribution in [2.24, 2.45) is 0 Å². The molecule has 0 saturated carbocycles. The summed E-state index contributed by atoms with van der Waals surface area (Å²) in [4.78, 5) is 14.0. The van der Waals surface area contributed by atoms with Crippen molar-refractivity contribution in [3.63, 3.8) is 0 Å². The lowest BCUT2D eigenvalue weighted by molar-refractivity contribution is 0.0598. The number of esters is 1. The second-order valence-electron chi connectivity index (χ2n) is 4.66. The molecule has 0 bridgehead atoms. The molecule has 0 amide bonds. The molecule has 3 heteroatoms. The summed E-state index contributed by atoms with van der Waals surface area (Å²) in [7, 11) is 3.58. The van der Waals surface area contributed by atoms with Crippen molar-refractivity contribution in [3.8, 4) is 0 Å². The number of rotatable bonds is 2. The van der Waals surface area contributed by atoms with E-state index in [-0.39, 0.29) is 5.97 Å². The van der Waals surface area contributed by atoms with Gasteiger partial charge in [-0.15, -0.1) is 0 Å². The molecule has 0 spiro atoms. The van der Waals surface area contributed by atoms with Crippen molar-refractivity contribution in [1.29, 1.82) is 0 Å². The first kappa shape index (κ1) is 12.1. The fourth-order valence-corrected chi connectivity index (χ4v) is 2.47. The molecule has 2 rings (SSSR count). The molecule has 1 aromatic carbocycles. The van der Waals surface area contributed by atoms with Crippen molar-refractivity contribution in [3.05, 3.63) is 35.4 Å². The molecule has 3 nitrogen and oxygen atoms in total. The van der Waals surface area contributed by atoms with E-state index in [9.17, 15) is 4.79 Å². The van der Waals surface area contributed by atoms with Crippen LogP contribution in [-0.4, -0.2) is 38.1 Å². The minimum atomic E-state index is -0.223. The van der Waals surface area contributed by atoms with E-state index < -0.39 is 0 Å². The van der Waals surface area contributed by atoms with E-state index in [4.69, 9.17) is 4.74 Å². The summed E-state index contributed by atoms with van der Waals surface area (Å²) in [5.74, 6) is 0.265. The van der Waals surface area contributed by atoms with Crippen LogP contribution in [-0.2, 0) is 4.74 Å². The van der Waals surface area contributed by atoms with Gasteiger partial charge in [0, 0.05) is 0 Å². The molecule has 1 aliphatic heterocycles. The van der Waals surface area contributed by atoms with E-state index in [2.05, 4.69) is 18.0 Å². The highest BCUT2D eigenvalue weighted by Crippen LogP contribution is 2.30. The van der Waals surface area contributed by atoms with Crippen molar-refractivity contribution in [2.75, 3.05) is 27.2 Å². The molecule has 1 heterocycles. The normalized spacial score (nSPS) is 18.0. The van der Waals surface area contributed by atoms with E-state index in [0.717, 1.165) is 37.1 Å². The minimum absolute atomic E-state index is 0.223. The third kappa shape index (κ3) is 2.67. The van der Waals surface area contributed by atoms with Gasteiger partial charge in [0.2, 0.25) is 0 Å². The lowest BCUT2D eigenvalue weighted by atomic mass is 9.86. The number of benzene rings is 1. The highest BCUT2D eigenvalue weighted by Gasteiger charge is 2.22. The van der Waals surface area contributed by atoms with Gasteiger partial charge in [0.15, 0.2) is 0 Å². The van der Waals surface area contributed by atoms with Crippen LogP contribution < -0.4 is 0 Å². The molecule has 0 N–H and O–H groups in total. The number of methoxy groups -OCH3 is 1. The topological polar surface area (TPSA) is 29.5 Å². The largest absolute Gasteiger partial charge is 0.465 e. The monoisotopic (exact) mass is 233 g/mol. The van der Waals surface area contributed by atoms with E-state index in [1.54, 1.807) is 0 Å². The molecule has 0 unspecified atom stereocenters. The van der Waals surface area contributed by atoms with Gasteiger partial charge < -0.3 is 9.64 Å². The maximum atomic E-state index is 11.7. The van der Waals surface area contributed by atoms with Crippen molar-refractivity contribution >= 4 is 5.97 Å². The first-order chi connectivity index (χ1) is 8.22. The SMILES string of the molecule is COC(=O)c1ccccc1C1CCN(C)CC1. The number of carbonyl (C=O) groups excluding carboxylic acids is 1. The zero-order chi connectivity index (χ0) is 12.3. The Morgan fingerprint density at radius 3 is 2.59 bits per heavy atom. The Kier molecular flexibility index (Phi) is 3.79. The maximum Gasteiger partial charge on any atom is 0.338 e. The lowest BCUT2D eigenvalue weighted by Gasteiger charge is -2.30.